The molecule has 0 heterocycles. The Kier molecular flexibility index (Phi) is 3.16. The second kappa shape index (κ2) is 3.77. The van der Waals surface area contributed by atoms with Gasteiger partial charge in [-0.05, 0) is 57.3 Å². The van der Waals surface area contributed by atoms with Crippen LogP contribution in [0.5, 0.6) is 5.75 Å². The molecule has 0 radical (unpaired) electrons. The van der Waals surface area contributed by atoms with Gasteiger partial charge in [0.15, 0.2) is 0 Å². The van der Waals surface area contributed by atoms with Gasteiger partial charge in [0.2, 0.25) is 5.91 Å². The number of phenolic OH excluding ortho intramolecular Hbond substituents is 1. The number of carbonyl (C=O) groups is 1. The quantitative estimate of drug-likeness (QED) is 0.719. The van der Waals surface area contributed by atoms with E-state index in [4.69, 9.17) is 5.73 Å². The Morgan fingerprint density at radius 3 is 2.42 bits per heavy atom. The van der Waals surface area contributed by atoms with Crippen LogP contribution in [-0.4, -0.2) is 11.0 Å². The molecule has 1 aromatic rings. The van der Waals surface area contributed by atoms with Gasteiger partial charge in [-0.1, -0.05) is 0 Å². The maximum absolute atomic E-state index is 10.8. The van der Waals surface area contributed by atoms with Crippen molar-refractivity contribution in [2.45, 2.75) is 0 Å². The first-order chi connectivity index (χ1) is 5.54. The second-order valence-electron chi connectivity index (χ2n) is 2.12. The van der Waals surface area contributed by atoms with Crippen molar-refractivity contribution in [3.8, 4) is 5.75 Å². The zero-order valence-electron chi connectivity index (χ0n) is 5.84. The summed E-state index contributed by atoms with van der Waals surface area (Å²) in [6.07, 6.45) is 0. The fourth-order valence-electron chi connectivity index (χ4n) is 0.730. The summed E-state index contributed by atoms with van der Waals surface area (Å²) in [7, 11) is 0. The maximum Gasteiger partial charge on any atom is 0.249 e. The van der Waals surface area contributed by atoms with E-state index >= 15 is 0 Å². The topological polar surface area (TPSA) is 63.3 Å². The molecule has 0 unspecified atom stereocenters. The number of carbonyl (C=O) groups excluding carboxylic acids is 1. The van der Waals surface area contributed by atoms with Crippen LogP contribution in [0.4, 0.5) is 0 Å². The summed E-state index contributed by atoms with van der Waals surface area (Å²) in [5.74, 6) is -0.303. The first kappa shape index (κ1) is 10.0. The van der Waals surface area contributed by atoms with E-state index in [0.29, 0.717) is 12.7 Å². The van der Waals surface area contributed by atoms with E-state index in [2.05, 4.69) is 0 Å². The summed E-state index contributed by atoms with van der Waals surface area (Å²) in [6, 6.07) is 2.98. The van der Waals surface area contributed by atoms with E-state index in [0.717, 1.165) is 0 Å². The van der Waals surface area contributed by atoms with E-state index in [-0.39, 0.29) is 5.75 Å². The Hall–Kier alpha value is -0.0500. The first-order valence-corrected chi connectivity index (χ1v) is 5.16. The van der Waals surface area contributed by atoms with Crippen molar-refractivity contribution in [3.05, 3.63) is 24.8 Å². The zero-order valence-corrected chi connectivity index (χ0v) is 10.2. The molecule has 0 spiro atoms. The molecular weight excluding hydrogens is 384 g/mol. The highest BCUT2D eigenvalue weighted by Crippen LogP contribution is 2.27. The van der Waals surface area contributed by atoms with Crippen LogP contribution in [0.1, 0.15) is 10.4 Å². The number of hydrogen-bond donors (Lipinski definition) is 2. The molecule has 0 saturated carbocycles. The zero-order chi connectivity index (χ0) is 9.30. The second-order valence-corrected chi connectivity index (χ2v) is 4.28. The van der Waals surface area contributed by atoms with Gasteiger partial charge in [-0.3, -0.25) is 4.79 Å². The van der Waals surface area contributed by atoms with Gasteiger partial charge < -0.3 is 10.8 Å². The van der Waals surface area contributed by atoms with Gasteiger partial charge in [0.1, 0.15) is 5.75 Å². The third kappa shape index (κ3) is 1.82. The highest BCUT2D eigenvalue weighted by atomic mass is 127. The van der Waals surface area contributed by atoms with E-state index < -0.39 is 5.91 Å². The number of amides is 1. The number of aromatic hydroxyl groups is 1. The van der Waals surface area contributed by atoms with Gasteiger partial charge in [-0.15, -0.1) is 0 Å². The van der Waals surface area contributed by atoms with Crippen LogP contribution in [-0.2, 0) is 0 Å². The Bertz CT molecular complexity index is 338. The smallest absolute Gasteiger partial charge is 0.249 e. The molecule has 0 aliphatic carbocycles. The molecule has 3 N–H and O–H groups in total. The monoisotopic (exact) mass is 389 g/mol. The molecule has 0 bridgehead atoms. The van der Waals surface area contributed by atoms with Crippen molar-refractivity contribution >= 4 is 51.1 Å². The number of halogens is 2. The molecule has 1 amide bonds. The Morgan fingerprint density at radius 2 is 1.92 bits per heavy atom. The standard InChI is InChI=1S/C7H5I2NO2/c8-5-3(7(10)12)1-2-4(11)6(5)9/h1-2,11H,(H2,10,12). The minimum atomic E-state index is -0.475. The Morgan fingerprint density at radius 1 is 1.33 bits per heavy atom. The van der Waals surface area contributed by atoms with Gasteiger partial charge in [0, 0.05) is 3.57 Å². The summed E-state index contributed by atoms with van der Waals surface area (Å²) in [5.41, 5.74) is 5.55. The van der Waals surface area contributed by atoms with E-state index in [1.807, 2.05) is 45.2 Å². The SMILES string of the molecule is NC(=O)c1ccc(O)c(I)c1I. The van der Waals surface area contributed by atoms with Crippen LogP contribution in [0.3, 0.4) is 0 Å². The molecular formula is C7H5I2NO2. The number of hydrogen-bond acceptors (Lipinski definition) is 2. The predicted octanol–water partition coefficient (Wildman–Crippen LogP) is 1.70. The van der Waals surface area contributed by atoms with Crippen LogP contribution in [0.15, 0.2) is 12.1 Å². The predicted molar refractivity (Wildman–Crippen MR) is 62.1 cm³/mol. The molecule has 64 valence electrons. The summed E-state index contributed by atoms with van der Waals surface area (Å²) in [4.78, 5) is 10.8. The fourth-order valence-corrected chi connectivity index (χ4v) is 1.92. The lowest BCUT2D eigenvalue weighted by Crippen LogP contribution is -2.13. The normalized spacial score (nSPS) is 9.83. The van der Waals surface area contributed by atoms with Crippen LogP contribution in [0, 0.1) is 7.14 Å². The average molecular weight is 389 g/mol. The minimum absolute atomic E-state index is 0.171. The highest BCUT2D eigenvalue weighted by Gasteiger charge is 2.11. The first-order valence-electron chi connectivity index (χ1n) is 3.01. The maximum atomic E-state index is 10.8. The largest absolute Gasteiger partial charge is 0.507 e. The van der Waals surface area contributed by atoms with Crippen molar-refractivity contribution in [1.29, 1.82) is 0 Å². The van der Waals surface area contributed by atoms with E-state index in [1.54, 1.807) is 0 Å². The van der Waals surface area contributed by atoms with Crippen LogP contribution in [0.25, 0.3) is 0 Å². The number of nitrogens with two attached hydrogens (primary N) is 1. The molecule has 5 heteroatoms. The lowest BCUT2D eigenvalue weighted by molar-refractivity contribution is 0.0999. The van der Waals surface area contributed by atoms with Crippen LogP contribution in [0.2, 0.25) is 0 Å². The molecule has 1 aromatic carbocycles. The fraction of sp³-hybridized carbons (Fsp3) is 0. The van der Waals surface area contributed by atoms with Crippen LogP contribution < -0.4 is 5.73 Å². The molecule has 0 aliphatic heterocycles. The average Bonchev–Trinajstić information content (AvgIpc) is 2.00. The molecule has 0 fully saturated rings. The highest BCUT2D eigenvalue weighted by molar-refractivity contribution is 14.1. The van der Waals surface area contributed by atoms with Gasteiger partial charge in [0.25, 0.3) is 0 Å². The van der Waals surface area contributed by atoms with Crippen molar-refractivity contribution in [1.82, 2.24) is 0 Å². The molecule has 12 heavy (non-hydrogen) atoms. The number of benzene rings is 1. The third-order valence-electron chi connectivity index (χ3n) is 1.33. The van der Waals surface area contributed by atoms with Crippen molar-refractivity contribution in [3.63, 3.8) is 0 Å². The number of phenols is 1. The number of rotatable bonds is 1. The molecule has 1 rings (SSSR count). The van der Waals surface area contributed by atoms with E-state index in [1.165, 1.54) is 12.1 Å². The van der Waals surface area contributed by atoms with Crippen LogP contribution >= 0.6 is 45.2 Å². The summed E-state index contributed by atoms with van der Waals surface area (Å²) in [6.45, 7) is 0. The number of primary amides is 1. The molecule has 0 atom stereocenters. The lowest BCUT2D eigenvalue weighted by atomic mass is 10.2. The van der Waals surface area contributed by atoms with E-state index in [9.17, 15) is 9.90 Å². The van der Waals surface area contributed by atoms with Gasteiger partial charge in [-0.25, -0.2) is 0 Å². The minimum Gasteiger partial charge on any atom is -0.507 e. The van der Waals surface area contributed by atoms with Gasteiger partial charge in [-0.2, -0.15) is 0 Å². The Balaban J connectivity index is 3.36. The summed E-state index contributed by atoms with van der Waals surface area (Å²) in [5, 5.41) is 9.24. The van der Waals surface area contributed by atoms with Gasteiger partial charge in [0.05, 0.1) is 9.13 Å². The third-order valence-corrected chi connectivity index (χ3v) is 4.57. The summed E-state index contributed by atoms with van der Waals surface area (Å²) < 4.78 is 1.35. The molecule has 0 aromatic heterocycles. The Labute approximate surface area is 96.6 Å². The van der Waals surface area contributed by atoms with Gasteiger partial charge >= 0.3 is 0 Å². The van der Waals surface area contributed by atoms with Crippen molar-refractivity contribution in [2.75, 3.05) is 0 Å². The molecule has 3 nitrogen and oxygen atoms in total. The summed E-state index contributed by atoms with van der Waals surface area (Å²) >= 11 is 3.94. The lowest BCUT2D eigenvalue weighted by Gasteiger charge is -2.03. The molecule has 0 saturated heterocycles. The van der Waals surface area contributed by atoms with Crippen molar-refractivity contribution < 1.29 is 9.90 Å². The molecule has 0 aliphatic rings. The van der Waals surface area contributed by atoms with Crippen molar-refractivity contribution in [2.24, 2.45) is 5.73 Å².